The predicted octanol–water partition coefficient (Wildman–Crippen LogP) is 5.20. The molecule has 0 amide bonds. The molecule has 1 unspecified atom stereocenters. The fourth-order valence-electron chi connectivity index (χ4n) is 2.89. The third-order valence-electron chi connectivity index (χ3n) is 4.39. The average molecular weight is 435 g/mol. The van der Waals surface area contributed by atoms with Crippen molar-refractivity contribution in [2.45, 2.75) is 46.1 Å². The van der Waals surface area contributed by atoms with E-state index in [0.717, 1.165) is 17.9 Å². The van der Waals surface area contributed by atoms with Gasteiger partial charge in [0, 0.05) is 13.1 Å². The lowest BCUT2D eigenvalue weighted by molar-refractivity contribution is 0.0797. The summed E-state index contributed by atoms with van der Waals surface area (Å²) in [5, 5.41) is 5.85. The summed E-state index contributed by atoms with van der Waals surface area (Å²) in [6.45, 7) is 7.46. The Bertz CT molecular complexity index is 746. The fourth-order valence-corrected chi connectivity index (χ4v) is 4.53. The zero-order valence-electron chi connectivity index (χ0n) is 18.3. The minimum absolute atomic E-state index is 0.222. The molecule has 0 aliphatic rings. The van der Waals surface area contributed by atoms with E-state index in [1.54, 1.807) is 0 Å². The van der Waals surface area contributed by atoms with Crippen LogP contribution in [0.4, 0.5) is 0 Å². The van der Waals surface area contributed by atoms with Crippen LogP contribution in [0.1, 0.15) is 39.2 Å². The molecule has 7 heteroatoms. The number of ether oxygens (including phenoxy) is 2. The molecule has 30 heavy (non-hydrogen) atoms. The van der Waals surface area contributed by atoms with Crippen molar-refractivity contribution < 1.29 is 18.6 Å². The first-order valence-electron chi connectivity index (χ1n) is 10.8. The molecule has 0 radical (unpaired) electrons. The summed E-state index contributed by atoms with van der Waals surface area (Å²) in [4.78, 5) is 0. The lowest BCUT2D eigenvalue weighted by Gasteiger charge is -2.25. The van der Waals surface area contributed by atoms with E-state index in [-0.39, 0.29) is 13.2 Å². The molecule has 0 spiro atoms. The summed E-state index contributed by atoms with van der Waals surface area (Å²) in [7, 11) is -3.20. The normalized spacial score (nSPS) is 12.5. The number of para-hydroxylation sites is 1. The Morgan fingerprint density at radius 1 is 0.833 bits per heavy atom. The van der Waals surface area contributed by atoms with Crippen LogP contribution >= 0.6 is 7.67 Å². The monoisotopic (exact) mass is 434 g/mol. The topological polar surface area (TPSA) is 68.8 Å². The number of nitrogens with one attached hydrogen (secondary N) is 2. The molecular formula is C23H35N2O4P. The number of hydrogen-bond acceptors (Lipinski definition) is 4. The van der Waals surface area contributed by atoms with Gasteiger partial charge in [-0.25, -0.2) is 10.2 Å². The van der Waals surface area contributed by atoms with E-state index in [9.17, 15) is 4.57 Å². The van der Waals surface area contributed by atoms with Crippen LogP contribution in [0.3, 0.4) is 0 Å². The molecule has 0 fully saturated rings. The number of aryl methyl sites for hydroxylation is 1. The van der Waals surface area contributed by atoms with Crippen LogP contribution in [-0.2, 0) is 15.5 Å². The maximum atomic E-state index is 13.0. The minimum atomic E-state index is -3.20. The third kappa shape index (κ3) is 8.88. The Kier molecular flexibility index (Phi) is 11.0. The Hall–Kier alpha value is -1.85. The zero-order chi connectivity index (χ0) is 21.7. The van der Waals surface area contributed by atoms with Crippen molar-refractivity contribution in [3.8, 4) is 11.5 Å². The van der Waals surface area contributed by atoms with E-state index in [2.05, 4.69) is 29.2 Å². The van der Waals surface area contributed by atoms with Gasteiger partial charge in [0.15, 0.2) is 0 Å². The van der Waals surface area contributed by atoms with E-state index in [1.165, 1.54) is 18.4 Å². The quantitative estimate of drug-likeness (QED) is 0.376. The van der Waals surface area contributed by atoms with Gasteiger partial charge in [0.25, 0.3) is 0 Å². The van der Waals surface area contributed by atoms with Gasteiger partial charge in [-0.1, -0.05) is 57.5 Å². The van der Waals surface area contributed by atoms with Crippen molar-refractivity contribution in [3.63, 3.8) is 0 Å². The van der Waals surface area contributed by atoms with Crippen LogP contribution in [0.15, 0.2) is 54.6 Å². The Balaban J connectivity index is 2.01. The standard InChI is InChI=1S/C23H35N2O4P/c1-4-7-11-20-14-16-22(17-15-20)28-19-23(18-27-21-12-9-8-10-13-21)29-30(26,24-5-2)25-6-3/h8-10,12-17,23H,4-7,11,18-19H2,1-3H3,(H2,24,25,26). The number of hydrogen-bond donors (Lipinski definition) is 2. The summed E-state index contributed by atoms with van der Waals surface area (Å²) >= 11 is 0. The van der Waals surface area contributed by atoms with E-state index in [4.69, 9.17) is 14.0 Å². The van der Waals surface area contributed by atoms with Crippen molar-refractivity contribution in [1.29, 1.82) is 0 Å². The summed E-state index contributed by atoms with van der Waals surface area (Å²) in [5.74, 6) is 1.48. The van der Waals surface area contributed by atoms with Gasteiger partial charge in [-0.2, -0.15) is 0 Å². The zero-order valence-corrected chi connectivity index (χ0v) is 19.2. The highest BCUT2D eigenvalue weighted by Gasteiger charge is 2.27. The summed E-state index contributed by atoms with van der Waals surface area (Å²) < 4.78 is 30.7. The van der Waals surface area contributed by atoms with Gasteiger partial charge in [0.2, 0.25) is 0 Å². The molecular weight excluding hydrogens is 399 g/mol. The first kappa shape index (κ1) is 24.4. The van der Waals surface area contributed by atoms with Crippen LogP contribution in [0.25, 0.3) is 0 Å². The third-order valence-corrected chi connectivity index (χ3v) is 6.45. The molecule has 6 nitrogen and oxygen atoms in total. The molecule has 0 aliphatic heterocycles. The van der Waals surface area contributed by atoms with Crippen LogP contribution < -0.4 is 19.6 Å². The molecule has 2 N–H and O–H groups in total. The molecule has 1 atom stereocenters. The van der Waals surface area contributed by atoms with Crippen molar-refractivity contribution in [1.82, 2.24) is 10.2 Å². The Labute approximate surface area is 180 Å². The smallest absolute Gasteiger partial charge is 0.341 e. The van der Waals surface area contributed by atoms with Crippen LogP contribution in [-0.4, -0.2) is 32.4 Å². The molecule has 0 saturated carbocycles. The van der Waals surface area contributed by atoms with Gasteiger partial charge in [-0.3, -0.25) is 9.09 Å². The minimum Gasteiger partial charge on any atom is -0.491 e. The first-order chi connectivity index (χ1) is 14.6. The summed E-state index contributed by atoms with van der Waals surface area (Å²) in [5.41, 5.74) is 1.30. The van der Waals surface area contributed by atoms with E-state index < -0.39 is 13.8 Å². The Morgan fingerprint density at radius 2 is 1.40 bits per heavy atom. The maximum Gasteiger partial charge on any atom is 0.341 e. The highest BCUT2D eigenvalue weighted by atomic mass is 31.2. The van der Waals surface area contributed by atoms with E-state index in [0.29, 0.717) is 13.1 Å². The molecule has 0 saturated heterocycles. The Morgan fingerprint density at radius 3 is 1.93 bits per heavy atom. The molecule has 0 heterocycles. The van der Waals surface area contributed by atoms with Crippen molar-refractivity contribution in [3.05, 3.63) is 60.2 Å². The lowest BCUT2D eigenvalue weighted by Crippen LogP contribution is -2.33. The van der Waals surface area contributed by atoms with Gasteiger partial charge < -0.3 is 9.47 Å². The lowest BCUT2D eigenvalue weighted by atomic mass is 10.1. The van der Waals surface area contributed by atoms with Gasteiger partial charge in [0.05, 0.1) is 0 Å². The second-order valence-corrected chi connectivity index (χ2v) is 8.93. The highest BCUT2D eigenvalue weighted by molar-refractivity contribution is 7.54. The molecule has 0 aromatic heterocycles. The van der Waals surface area contributed by atoms with Crippen LogP contribution in [0.2, 0.25) is 0 Å². The average Bonchev–Trinajstić information content (AvgIpc) is 2.76. The number of benzene rings is 2. The van der Waals surface area contributed by atoms with Crippen molar-refractivity contribution >= 4 is 7.67 Å². The number of unbranched alkanes of at least 4 members (excludes halogenated alkanes) is 1. The van der Waals surface area contributed by atoms with Crippen molar-refractivity contribution in [2.75, 3.05) is 26.3 Å². The molecule has 2 aromatic carbocycles. The largest absolute Gasteiger partial charge is 0.491 e. The van der Waals surface area contributed by atoms with E-state index >= 15 is 0 Å². The van der Waals surface area contributed by atoms with Crippen LogP contribution in [0, 0.1) is 0 Å². The molecule has 2 rings (SSSR count). The molecule has 0 bridgehead atoms. The summed E-state index contributed by atoms with van der Waals surface area (Å²) in [6, 6.07) is 17.6. The van der Waals surface area contributed by atoms with Crippen molar-refractivity contribution in [2.24, 2.45) is 0 Å². The fraction of sp³-hybridized carbons (Fsp3) is 0.478. The SMILES string of the molecule is CCCCc1ccc(OCC(COc2ccccc2)OP(=O)(NCC)NCC)cc1. The van der Waals surface area contributed by atoms with Gasteiger partial charge in [-0.15, -0.1) is 0 Å². The molecule has 0 aliphatic carbocycles. The predicted molar refractivity (Wildman–Crippen MR) is 122 cm³/mol. The van der Waals surface area contributed by atoms with Gasteiger partial charge >= 0.3 is 7.67 Å². The van der Waals surface area contributed by atoms with Crippen LogP contribution in [0.5, 0.6) is 11.5 Å². The van der Waals surface area contributed by atoms with Gasteiger partial charge in [-0.05, 0) is 42.7 Å². The first-order valence-corrected chi connectivity index (χ1v) is 12.4. The number of rotatable bonds is 15. The second kappa shape index (κ2) is 13.5. The maximum absolute atomic E-state index is 13.0. The van der Waals surface area contributed by atoms with E-state index in [1.807, 2.05) is 56.3 Å². The van der Waals surface area contributed by atoms with Gasteiger partial charge in [0.1, 0.15) is 30.8 Å². The highest BCUT2D eigenvalue weighted by Crippen LogP contribution is 2.38. The molecule has 166 valence electrons. The summed E-state index contributed by atoms with van der Waals surface area (Å²) in [6.07, 6.45) is 2.91. The second-order valence-electron chi connectivity index (χ2n) is 6.98. The molecule has 2 aromatic rings.